The summed E-state index contributed by atoms with van der Waals surface area (Å²) in [6, 6.07) is 0.356. The lowest BCUT2D eigenvalue weighted by Gasteiger charge is -2.28. The highest BCUT2D eigenvalue weighted by atomic mass is 16.5. The van der Waals surface area contributed by atoms with Crippen molar-refractivity contribution in [3.63, 3.8) is 0 Å². The topological polar surface area (TPSA) is 64.9 Å². The summed E-state index contributed by atoms with van der Waals surface area (Å²) >= 11 is 0. The Morgan fingerprint density at radius 2 is 2.00 bits per heavy atom. The molecule has 0 aliphatic rings. The summed E-state index contributed by atoms with van der Waals surface area (Å²) in [5.74, 6) is 0.869. The normalized spacial score (nSPS) is 15.7. The van der Waals surface area contributed by atoms with E-state index < -0.39 is 0 Å². The first-order valence-electron chi connectivity index (χ1n) is 6.38. The van der Waals surface area contributed by atoms with Crippen LogP contribution < -0.4 is 5.32 Å². The number of tetrazole rings is 1. The molecule has 1 N–H and O–H groups in total. The zero-order valence-corrected chi connectivity index (χ0v) is 12.3. The van der Waals surface area contributed by atoms with Crippen LogP contribution in [0.2, 0.25) is 0 Å². The standard InChI is InChI=1S/C12H25N5O/c1-9(13-7-8-18-6)11-14-15-16-17(11)10(2)12(3,4)5/h9-10,13H,7-8H2,1-6H3. The maximum atomic E-state index is 5.02. The van der Waals surface area contributed by atoms with Gasteiger partial charge in [-0.05, 0) is 29.7 Å². The molecule has 6 nitrogen and oxygen atoms in total. The molecule has 2 atom stereocenters. The van der Waals surface area contributed by atoms with Gasteiger partial charge >= 0.3 is 0 Å². The van der Waals surface area contributed by atoms with Crippen molar-refractivity contribution >= 4 is 0 Å². The molecule has 0 aromatic carbocycles. The molecule has 6 heteroatoms. The summed E-state index contributed by atoms with van der Waals surface area (Å²) in [5.41, 5.74) is 0.121. The molecule has 0 fully saturated rings. The number of aromatic nitrogens is 4. The summed E-state index contributed by atoms with van der Waals surface area (Å²) in [5, 5.41) is 15.4. The fraction of sp³-hybridized carbons (Fsp3) is 0.917. The highest BCUT2D eigenvalue weighted by molar-refractivity contribution is 4.93. The zero-order valence-electron chi connectivity index (χ0n) is 12.3. The summed E-state index contributed by atoms with van der Waals surface area (Å²) < 4.78 is 6.93. The molecular weight excluding hydrogens is 230 g/mol. The van der Waals surface area contributed by atoms with Gasteiger partial charge in [-0.15, -0.1) is 5.10 Å². The largest absolute Gasteiger partial charge is 0.383 e. The highest BCUT2D eigenvalue weighted by Gasteiger charge is 2.26. The molecule has 0 bridgehead atoms. The third-order valence-electron chi connectivity index (χ3n) is 3.28. The van der Waals surface area contributed by atoms with Crippen molar-refractivity contribution < 1.29 is 4.74 Å². The lowest BCUT2D eigenvalue weighted by molar-refractivity contribution is 0.193. The zero-order chi connectivity index (χ0) is 13.8. The van der Waals surface area contributed by atoms with Gasteiger partial charge < -0.3 is 10.1 Å². The van der Waals surface area contributed by atoms with Crippen LogP contribution in [-0.4, -0.2) is 40.5 Å². The Morgan fingerprint density at radius 1 is 1.33 bits per heavy atom. The maximum Gasteiger partial charge on any atom is 0.168 e. The van der Waals surface area contributed by atoms with Gasteiger partial charge in [-0.2, -0.15) is 0 Å². The van der Waals surface area contributed by atoms with Gasteiger partial charge in [0.25, 0.3) is 0 Å². The van der Waals surface area contributed by atoms with Crippen LogP contribution in [0, 0.1) is 5.41 Å². The SMILES string of the molecule is COCCNC(C)c1nnnn1C(C)C(C)(C)C. The Labute approximate surface area is 109 Å². The molecule has 1 aromatic heterocycles. The molecule has 0 aliphatic heterocycles. The van der Waals surface area contributed by atoms with Crippen molar-refractivity contribution in [2.24, 2.45) is 5.41 Å². The average Bonchev–Trinajstić information content (AvgIpc) is 2.75. The van der Waals surface area contributed by atoms with E-state index >= 15 is 0 Å². The van der Waals surface area contributed by atoms with Gasteiger partial charge in [0.15, 0.2) is 5.82 Å². The Morgan fingerprint density at radius 3 is 2.56 bits per heavy atom. The molecule has 104 valence electrons. The van der Waals surface area contributed by atoms with Crippen LogP contribution in [-0.2, 0) is 4.74 Å². The van der Waals surface area contributed by atoms with E-state index in [-0.39, 0.29) is 17.5 Å². The second-order valence-corrected chi connectivity index (χ2v) is 5.69. The first-order chi connectivity index (χ1) is 8.38. The number of hydrogen-bond donors (Lipinski definition) is 1. The van der Waals surface area contributed by atoms with E-state index in [1.165, 1.54) is 0 Å². The predicted molar refractivity (Wildman–Crippen MR) is 70.3 cm³/mol. The van der Waals surface area contributed by atoms with E-state index in [4.69, 9.17) is 4.74 Å². The Balaban J connectivity index is 2.76. The molecule has 1 aromatic rings. The fourth-order valence-electron chi connectivity index (χ4n) is 1.60. The van der Waals surface area contributed by atoms with E-state index in [1.54, 1.807) is 7.11 Å². The van der Waals surface area contributed by atoms with Crippen LogP contribution in [0.5, 0.6) is 0 Å². The number of nitrogens with zero attached hydrogens (tertiary/aromatic N) is 4. The molecule has 0 saturated heterocycles. The molecule has 2 unspecified atom stereocenters. The minimum atomic E-state index is 0.111. The molecule has 0 spiro atoms. The monoisotopic (exact) mass is 255 g/mol. The van der Waals surface area contributed by atoms with Gasteiger partial charge in [-0.3, -0.25) is 0 Å². The fourth-order valence-corrected chi connectivity index (χ4v) is 1.60. The Hall–Kier alpha value is -1.01. The third kappa shape index (κ3) is 3.74. The lowest BCUT2D eigenvalue weighted by Crippen LogP contribution is -2.29. The molecule has 0 saturated carbocycles. The third-order valence-corrected chi connectivity index (χ3v) is 3.28. The van der Waals surface area contributed by atoms with E-state index in [9.17, 15) is 0 Å². The minimum Gasteiger partial charge on any atom is -0.383 e. The first kappa shape index (κ1) is 15.0. The number of methoxy groups -OCH3 is 1. The van der Waals surface area contributed by atoms with Gasteiger partial charge in [-0.1, -0.05) is 20.8 Å². The van der Waals surface area contributed by atoms with Gasteiger partial charge in [0, 0.05) is 13.7 Å². The summed E-state index contributed by atoms with van der Waals surface area (Å²) in [6.07, 6.45) is 0. The van der Waals surface area contributed by atoms with E-state index in [2.05, 4.69) is 55.5 Å². The minimum absolute atomic E-state index is 0.111. The number of hydrogen-bond acceptors (Lipinski definition) is 5. The van der Waals surface area contributed by atoms with Crippen molar-refractivity contribution in [1.29, 1.82) is 0 Å². The molecule has 0 amide bonds. The summed E-state index contributed by atoms with van der Waals surface area (Å²) in [6.45, 7) is 12.2. The molecule has 18 heavy (non-hydrogen) atoms. The van der Waals surface area contributed by atoms with E-state index in [0.29, 0.717) is 6.61 Å². The summed E-state index contributed by atoms with van der Waals surface area (Å²) in [4.78, 5) is 0. The Kier molecular flexibility index (Phi) is 5.22. The van der Waals surface area contributed by atoms with Crippen LogP contribution in [0.15, 0.2) is 0 Å². The number of ether oxygens (including phenoxy) is 1. The predicted octanol–water partition coefficient (Wildman–Crippen LogP) is 1.58. The van der Waals surface area contributed by atoms with E-state index in [0.717, 1.165) is 12.4 Å². The number of rotatable bonds is 6. The smallest absolute Gasteiger partial charge is 0.168 e. The molecule has 1 heterocycles. The average molecular weight is 255 g/mol. The summed E-state index contributed by atoms with van der Waals surface area (Å²) in [7, 11) is 1.69. The lowest BCUT2D eigenvalue weighted by atomic mass is 9.88. The van der Waals surface area contributed by atoms with Crippen molar-refractivity contribution in [1.82, 2.24) is 25.5 Å². The second-order valence-electron chi connectivity index (χ2n) is 5.69. The molecule has 0 aliphatic carbocycles. The van der Waals surface area contributed by atoms with Crippen LogP contribution in [0.1, 0.15) is 52.5 Å². The number of nitrogens with one attached hydrogen (secondary N) is 1. The van der Waals surface area contributed by atoms with Gasteiger partial charge in [0.2, 0.25) is 0 Å². The highest BCUT2D eigenvalue weighted by Crippen LogP contribution is 2.30. The van der Waals surface area contributed by atoms with Crippen LogP contribution in [0.3, 0.4) is 0 Å². The van der Waals surface area contributed by atoms with Crippen molar-refractivity contribution in [3.8, 4) is 0 Å². The molecule has 1 rings (SSSR count). The van der Waals surface area contributed by atoms with E-state index in [1.807, 2.05) is 4.68 Å². The van der Waals surface area contributed by atoms with Crippen LogP contribution in [0.25, 0.3) is 0 Å². The van der Waals surface area contributed by atoms with Gasteiger partial charge in [0.1, 0.15) is 0 Å². The van der Waals surface area contributed by atoms with Crippen LogP contribution >= 0.6 is 0 Å². The molecular formula is C12H25N5O. The molecule has 0 radical (unpaired) electrons. The Bertz CT molecular complexity index is 358. The van der Waals surface area contributed by atoms with Crippen molar-refractivity contribution in [2.75, 3.05) is 20.3 Å². The van der Waals surface area contributed by atoms with Crippen molar-refractivity contribution in [2.45, 2.75) is 46.7 Å². The second kappa shape index (κ2) is 6.24. The van der Waals surface area contributed by atoms with Crippen molar-refractivity contribution in [3.05, 3.63) is 5.82 Å². The quantitative estimate of drug-likeness (QED) is 0.782. The van der Waals surface area contributed by atoms with Gasteiger partial charge in [0.05, 0.1) is 18.7 Å². The maximum absolute atomic E-state index is 5.02. The van der Waals surface area contributed by atoms with Gasteiger partial charge in [-0.25, -0.2) is 4.68 Å². The first-order valence-corrected chi connectivity index (χ1v) is 6.38. The van der Waals surface area contributed by atoms with Crippen LogP contribution in [0.4, 0.5) is 0 Å².